The first kappa shape index (κ1) is 14.8. The van der Waals surface area contributed by atoms with Crippen LogP contribution in [0, 0.1) is 6.92 Å². The van der Waals surface area contributed by atoms with Crippen molar-refractivity contribution in [2.75, 3.05) is 10.6 Å². The third kappa shape index (κ3) is 4.49. The van der Waals surface area contributed by atoms with Crippen LogP contribution in [0.4, 0.5) is 5.69 Å². The third-order valence-electron chi connectivity index (χ3n) is 3.11. The Labute approximate surface area is 128 Å². The molecule has 0 spiro atoms. The van der Waals surface area contributed by atoms with Gasteiger partial charge in [-0.2, -0.15) is 0 Å². The van der Waals surface area contributed by atoms with Crippen LogP contribution in [0.15, 0.2) is 48.5 Å². The van der Waals surface area contributed by atoms with Gasteiger partial charge in [0.05, 0.1) is 6.42 Å². The Morgan fingerprint density at radius 2 is 1.60 bits per heavy atom. The number of carbonyl (C=O) groups is 1. The highest BCUT2D eigenvalue weighted by Gasteiger charge is 2.04. The van der Waals surface area contributed by atoms with Crippen molar-refractivity contribution < 1.29 is 4.79 Å². The van der Waals surface area contributed by atoms with Crippen LogP contribution >= 0.6 is 15.9 Å². The van der Waals surface area contributed by atoms with Crippen molar-refractivity contribution in [3.8, 4) is 0 Å². The number of amides is 1. The summed E-state index contributed by atoms with van der Waals surface area (Å²) in [7, 11) is 0. The topological polar surface area (TPSA) is 29.1 Å². The van der Waals surface area contributed by atoms with Crippen LogP contribution in [0.5, 0.6) is 0 Å². The molecule has 3 heteroatoms. The fourth-order valence-corrected chi connectivity index (χ4v) is 2.42. The first-order valence-corrected chi connectivity index (χ1v) is 7.80. The molecule has 0 aliphatic rings. The van der Waals surface area contributed by atoms with Gasteiger partial charge >= 0.3 is 0 Å². The van der Waals surface area contributed by atoms with Gasteiger partial charge in [0.1, 0.15) is 0 Å². The Kier molecular flexibility index (Phi) is 5.36. The quantitative estimate of drug-likeness (QED) is 0.820. The summed E-state index contributed by atoms with van der Waals surface area (Å²) in [4.78, 5) is 12.0. The number of alkyl halides is 1. The minimum absolute atomic E-state index is 0.0158. The number of rotatable bonds is 5. The molecule has 0 aliphatic heterocycles. The predicted molar refractivity (Wildman–Crippen MR) is 87.5 cm³/mol. The molecular weight excluding hydrogens is 314 g/mol. The van der Waals surface area contributed by atoms with E-state index in [2.05, 4.69) is 21.2 Å². The lowest BCUT2D eigenvalue weighted by Crippen LogP contribution is -2.14. The van der Waals surface area contributed by atoms with Crippen molar-refractivity contribution in [3.05, 3.63) is 65.2 Å². The molecule has 0 unspecified atom stereocenters. The molecule has 0 heterocycles. The van der Waals surface area contributed by atoms with Gasteiger partial charge in [0, 0.05) is 11.0 Å². The molecule has 2 aromatic rings. The Morgan fingerprint density at radius 3 is 2.20 bits per heavy atom. The van der Waals surface area contributed by atoms with E-state index in [0.29, 0.717) is 6.42 Å². The molecule has 2 rings (SSSR count). The summed E-state index contributed by atoms with van der Waals surface area (Å²) >= 11 is 3.42. The summed E-state index contributed by atoms with van der Waals surface area (Å²) in [6.45, 7) is 2.04. The van der Waals surface area contributed by atoms with Gasteiger partial charge in [0.15, 0.2) is 0 Å². The third-order valence-corrected chi connectivity index (χ3v) is 3.50. The van der Waals surface area contributed by atoms with Crippen molar-refractivity contribution in [2.45, 2.75) is 19.8 Å². The zero-order valence-electron chi connectivity index (χ0n) is 11.5. The SMILES string of the molecule is Cc1ccc(CC(=O)Nc2ccc(CCBr)cc2)cc1. The van der Waals surface area contributed by atoms with Crippen molar-refractivity contribution >= 4 is 27.5 Å². The Bertz CT molecular complexity index is 561. The van der Waals surface area contributed by atoms with E-state index < -0.39 is 0 Å². The minimum Gasteiger partial charge on any atom is -0.326 e. The lowest BCUT2D eigenvalue weighted by molar-refractivity contribution is -0.115. The van der Waals surface area contributed by atoms with Gasteiger partial charge < -0.3 is 5.32 Å². The molecular formula is C17H18BrNO. The average Bonchev–Trinajstić information content (AvgIpc) is 2.44. The zero-order valence-corrected chi connectivity index (χ0v) is 13.1. The number of hydrogen-bond acceptors (Lipinski definition) is 1. The van der Waals surface area contributed by atoms with Crippen LogP contribution in [0.1, 0.15) is 16.7 Å². The highest BCUT2D eigenvalue weighted by atomic mass is 79.9. The van der Waals surface area contributed by atoms with E-state index in [0.717, 1.165) is 23.0 Å². The van der Waals surface area contributed by atoms with Crippen LogP contribution < -0.4 is 5.32 Å². The Balaban J connectivity index is 1.92. The van der Waals surface area contributed by atoms with E-state index in [1.54, 1.807) is 0 Å². The summed E-state index contributed by atoms with van der Waals surface area (Å²) in [6.07, 6.45) is 1.40. The zero-order chi connectivity index (χ0) is 14.4. The molecule has 2 aromatic carbocycles. The molecule has 0 bridgehead atoms. The van der Waals surface area contributed by atoms with Gasteiger partial charge in [-0.25, -0.2) is 0 Å². The Hall–Kier alpha value is -1.61. The maximum Gasteiger partial charge on any atom is 0.228 e. The highest BCUT2D eigenvalue weighted by Crippen LogP contribution is 2.12. The van der Waals surface area contributed by atoms with Crippen molar-refractivity contribution in [3.63, 3.8) is 0 Å². The smallest absolute Gasteiger partial charge is 0.228 e. The van der Waals surface area contributed by atoms with E-state index in [-0.39, 0.29) is 5.91 Å². The van der Waals surface area contributed by atoms with Gasteiger partial charge in [0.25, 0.3) is 0 Å². The molecule has 0 aliphatic carbocycles. The summed E-state index contributed by atoms with van der Waals surface area (Å²) < 4.78 is 0. The molecule has 0 fully saturated rings. The normalized spacial score (nSPS) is 10.3. The summed E-state index contributed by atoms with van der Waals surface area (Å²) in [6, 6.07) is 16.0. The maximum absolute atomic E-state index is 12.0. The molecule has 0 saturated heterocycles. The number of carbonyl (C=O) groups excluding carboxylic acids is 1. The van der Waals surface area contributed by atoms with E-state index in [4.69, 9.17) is 0 Å². The first-order chi connectivity index (χ1) is 9.67. The second-order valence-corrected chi connectivity index (χ2v) is 5.64. The van der Waals surface area contributed by atoms with E-state index in [1.165, 1.54) is 11.1 Å². The lowest BCUT2D eigenvalue weighted by atomic mass is 10.1. The molecule has 0 radical (unpaired) electrons. The molecule has 20 heavy (non-hydrogen) atoms. The van der Waals surface area contributed by atoms with Crippen LogP contribution in [0.25, 0.3) is 0 Å². The molecule has 2 nitrogen and oxygen atoms in total. The number of hydrogen-bond donors (Lipinski definition) is 1. The number of anilines is 1. The number of benzene rings is 2. The monoisotopic (exact) mass is 331 g/mol. The van der Waals surface area contributed by atoms with Gasteiger partial charge in [-0.1, -0.05) is 57.9 Å². The minimum atomic E-state index is 0.0158. The van der Waals surface area contributed by atoms with E-state index in [9.17, 15) is 4.79 Å². The summed E-state index contributed by atoms with van der Waals surface area (Å²) in [5, 5.41) is 3.87. The van der Waals surface area contributed by atoms with Gasteiger partial charge in [0.2, 0.25) is 5.91 Å². The van der Waals surface area contributed by atoms with Crippen LogP contribution in [0.3, 0.4) is 0 Å². The summed E-state index contributed by atoms with van der Waals surface area (Å²) in [5.74, 6) is 0.0158. The van der Waals surface area contributed by atoms with Crippen LogP contribution in [-0.4, -0.2) is 11.2 Å². The second-order valence-electron chi connectivity index (χ2n) is 4.85. The number of halogens is 1. The molecule has 104 valence electrons. The highest BCUT2D eigenvalue weighted by molar-refractivity contribution is 9.09. The summed E-state index contributed by atoms with van der Waals surface area (Å²) in [5.41, 5.74) is 4.35. The first-order valence-electron chi connectivity index (χ1n) is 6.67. The fraction of sp³-hybridized carbons (Fsp3) is 0.235. The van der Waals surface area contributed by atoms with Gasteiger partial charge in [-0.3, -0.25) is 4.79 Å². The van der Waals surface area contributed by atoms with Gasteiger partial charge in [-0.05, 0) is 36.6 Å². The lowest BCUT2D eigenvalue weighted by Gasteiger charge is -2.06. The predicted octanol–water partition coefficient (Wildman–Crippen LogP) is 4.11. The molecule has 1 amide bonds. The standard InChI is InChI=1S/C17H18BrNO/c1-13-2-4-15(5-3-13)12-17(20)19-16-8-6-14(7-9-16)10-11-18/h2-9H,10-12H2,1H3,(H,19,20). The number of nitrogens with one attached hydrogen (secondary N) is 1. The van der Waals surface area contributed by atoms with Crippen LogP contribution in [-0.2, 0) is 17.6 Å². The van der Waals surface area contributed by atoms with Crippen LogP contribution in [0.2, 0.25) is 0 Å². The van der Waals surface area contributed by atoms with Crippen molar-refractivity contribution in [2.24, 2.45) is 0 Å². The molecule has 0 aromatic heterocycles. The second kappa shape index (κ2) is 7.25. The van der Waals surface area contributed by atoms with E-state index >= 15 is 0 Å². The Morgan fingerprint density at radius 1 is 1.00 bits per heavy atom. The fourth-order valence-electron chi connectivity index (χ4n) is 1.96. The number of aryl methyl sites for hydroxylation is 2. The van der Waals surface area contributed by atoms with Crippen molar-refractivity contribution in [1.29, 1.82) is 0 Å². The molecule has 1 N–H and O–H groups in total. The maximum atomic E-state index is 12.0. The average molecular weight is 332 g/mol. The molecule has 0 atom stereocenters. The molecule has 0 saturated carbocycles. The van der Waals surface area contributed by atoms with E-state index in [1.807, 2.05) is 55.5 Å². The van der Waals surface area contributed by atoms with Crippen molar-refractivity contribution in [1.82, 2.24) is 0 Å². The van der Waals surface area contributed by atoms with Gasteiger partial charge in [-0.15, -0.1) is 0 Å². The largest absolute Gasteiger partial charge is 0.326 e.